The summed E-state index contributed by atoms with van der Waals surface area (Å²) in [4.78, 5) is 22.9. The molecule has 0 spiro atoms. The number of nitrogens with zero attached hydrogens (tertiary/aromatic N) is 1. The first kappa shape index (κ1) is 23.5. The Bertz CT molecular complexity index is 1270. The van der Waals surface area contributed by atoms with Gasteiger partial charge in [-0.1, -0.05) is 66.7 Å². The summed E-state index contributed by atoms with van der Waals surface area (Å²) >= 11 is 0. The molecule has 4 rings (SSSR count). The number of hydrogen-bond acceptors (Lipinski definition) is 6. The second kappa shape index (κ2) is 11.5. The third kappa shape index (κ3) is 6.91. The van der Waals surface area contributed by atoms with Gasteiger partial charge in [-0.3, -0.25) is 14.9 Å². The predicted octanol–water partition coefficient (Wildman–Crippen LogP) is 5.90. The second-order valence-corrected chi connectivity index (χ2v) is 7.72. The number of esters is 1. The molecule has 0 radical (unpaired) electrons. The molecule has 7 heteroatoms. The van der Waals surface area contributed by atoms with Crippen molar-refractivity contribution in [2.75, 3.05) is 0 Å². The topological polar surface area (TPSA) is 87.9 Å². The molecule has 35 heavy (non-hydrogen) atoms. The molecule has 0 heterocycles. The Labute approximate surface area is 202 Å². The molecule has 4 aromatic rings. The molecule has 0 saturated heterocycles. The van der Waals surface area contributed by atoms with E-state index < -0.39 is 10.9 Å². The molecule has 176 valence electrons. The zero-order valence-electron chi connectivity index (χ0n) is 18.8. The van der Waals surface area contributed by atoms with Gasteiger partial charge < -0.3 is 14.2 Å². The van der Waals surface area contributed by atoms with E-state index in [0.717, 1.165) is 11.1 Å². The molecule has 0 fully saturated rings. The Morgan fingerprint density at radius 1 is 0.714 bits per heavy atom. The molecule has 0 atom stereocenters. The number of ether oxygens (including phenoxy) is 3. The van der Waals surface area contributed by atoms with Crippen molar-refractivity contribution in [2.45, 2.75) is 19.6 Å². The molecule has 0 aliphatic carbocycles. The zero-order chi connectivity index (χ0) is 24.5. The molecule has 0 aromatic heterocycles. The average molecular weight is 469 g/mol. The fraction of sp³-hybridized carbons (Fsp3) is 0.107. The van der Waals surface area contributed by atoms with Gasteiger partial charge in [-0.2, -0.15) is 0 Å². The largest absolute Gasteiger partial charge is 0.489 e. The minimum Gasteiger partial charge on any atom is -0.489 e. The SMILES string of the molecule is O=C(Cc1ccc(OCc2ccccc2)cc1OCc1ccccc1)Oc1ccc([N+](=O)[O-])cc1. The fourth-order valence-electron chi connectivity index (χ4n) is 3.34. The quantitative estimate of drug-likeness (QED) is 0.124. The van der Waals surface area contributed by atoms with Gasteiger partial charge in [0.05, 0.1) is 11.3 Å². The van der Waals surface area contributed by atoms with Crippen molar-refractivity contribution in [3.63, 3.8) is 0 Å². The normalized spacial score (nSPS) is 10.4. The van der Waals surface area contributed by atoms with E-state index in [1.54, 1.807) is 18.2 Å². The Morgan fingerprint density at radius 3 is 1.89 bits per heavy atom. The number of rotatable bonds is 10. The number of non-ortho nitro benzene ring substituents is 1. The number of benzene rings is 4. The van der Waals surface area contributed by atoms with Crippen LogP contribution in [-0.2, 0) is 24.4 Å². The third-order valence-electron chi connectivity index (χ3n) is 5.14. The van der Waals surface area contributed by atoms with Crippen molar-refractivity contribution in [1.29, 1.82) is 0 Å². The minimum atomic E-state index is -0.513. The summed E-state index contributed by atoms with van der Waals surface area (Å²) in [7, 11) is 0. The highest BCUT2D eigenvalue weighted by molar-refractivity contribution is 5.76. The fourth-order valence-corrected chi connectivity index (χ4v) is 3.34. The Hall–Kier alpha value is -4.65. The summed E-state index contributed by atoms with van der Waals surface area (Å²) in [6.45, 7) is 0.730. The first-order valence-electron chi connectivity index (χ1n) is 11.0. The number of nitro benzene ring substituents is 1. The molecule has 0 N–H and O–H groups in total. The Balaban J connectivity index is 1.47. The molecule has 0 saturated carbocycles. The van der Waals surface area contributed by atoms with Crippen LogP contribution in [0.25, 0.3) is 0 Å². The maximum absolute atomic E-state index is 12.6. The van der Waals surface area contributed by atoms with E-state index in [4.69, 9.17) is 14.2 Å². The van der Waals surface area contributed by atoms with Crippen LogP contribution in [0.3, 0.4) is 0 Å². The van der Waals surface area contributed by atoms with Gasteiger partial charge >= 0.3 is 5.97 Å². The van der Waals surface area contributed by atoms with Crippen molar-refractivity contribution in [3.8, 4) is 17.2 Å². The Kier molecular flexibility index (Phi) is 7.70. The lowest BCUT2D eigenvalue weighted by Gasteiger charge is -2.14. The molecular formula is C28H23NO6. The predicted molar refractivity (Wildman–Crippen MR) is 130 cm³/mol. The molecule has 0 aliphatic rings. The van der Waals surface area contributed by atoms with Crippen LogP contribution in [0, 0.1) is 10.1 Å². The van der Waals surface area contributed by atoms with Crippen molar-refractivity contribution < 1.29 is 23.9 Å². The number of carbonyl (C=O) groups excluding carboxylic acids is 1. The smallest absolute Gasteiger partial charge is 0.315 e. The summed E-state index contributed by atoms with van der Waals surface area (Å²) in [5.74, 6) is 0.848. The maximum Gasteiger partial charge on any atom is 0.315 e. The average Bonchev–Trinajstić information content (AvgIpc) is 2.88. The summed E-state index contributed by atoms with van der Waals surface area (Å²) in [5.41, 5.74) is 2.59. The lowest BCUT2D eigenvalue weighted by molar-refractivity contribution is -0.384. The highest BCUT2D eigenvalue weighted by atomic mass is 16.6. The maximum atomic E-state index is 12.6. The standard InChI is InChI=1S/C28H23NO6/c30-28(35-25-15-12-24(13-16-25)29(31)32)17-23-11-14-26(33-19-21-7-3-1-4-8-21)18-27(23)34-20-22-9-5-2-6-10-22/h1-16,18H,17,19-20H2. The van der Waals surface area contributed by atoms with E-state index in [1.165, 1.54) is 24.3 Å². The molecule has 4 aromatic carbocycles. The van der Waals surface area contributed by atoms with Crippen LogP contribution in [0.5, 0.6) is 17.2 Å². The molecule has 0 aliphatic heterocycles. The van der Waals surface area contributed by atoms with Gasteiger partial charge in [0.2, 0.25) is 0 Å². The van der Waals surface area contributed by atoms with E-state index in [1.807, 2.05) is 60.7 Å². The van der Waals surface area contributed by atoms with Crippen LogP contribution in [0.4, 0.5) is 5.69 Å². The van der Waals surface area contributed by atoms with Crippen LogP contribution in [0.1, 0.15) is 16.7 Å². The van der Waals surface area contributed by atoms with E-state index >= 15 is 0 Å². The summed E-state index contributed by atoms with van der Waals surface area (Å²) in [6, 6.07) is 30.2. The van der Waals surface area contributed by atoms with Crippen LogP contribution in [-0.4, -0.2) is 10.9 Å². The number of hydrogen-bond donors (Lipinski definition) is 0. The molecular weight excluding hydrogens is 446 g/mol. The Morgan fingerprint density at radius 2 is 1.29 bits per heavy atom. The van der Waals surface area contributed by atoms with Crippen molar-refractivity contribution in [1.82, 2.24) is 0 Å². The van der Waals surface area contributed by atoms with E-state index in [-0.39, 0.29) is 17.9 Å². The van der Waals surface area contributed by atoms with Crippen molar-refractivity contribution in [2.24, 2.45) is 0 Å². The summed E-state index contributed by atoms with van der Waals surface area (Å²) in [6.07, 6.45) is -0.0416. The zero-order valence-corrected chi connectivity index (χ0v) is 18.8. The van der Waals surface area contributed by atoms with Crippen LogP contribution < -0.4 is 14.2 Å². The first-order chi connectivity index (χ1) is 17.1. The highest BCUT2D eigenvalue weighted by Crippen LogP contribution is 2.28. The van der Waals surface area contributed by atoms with Gasteiger partial charge in [0.15, 0.2) is 0 Å². The monoisotopic (exact) mass is 469 g/mol. The van der Waals surface area contributed by atoms with E-state index in [0.29, 0.717) is 30.3 Å². The molecule has 0 bridgehead atoms. The number of carbonyl (C=O) groups is 1. The molecule has 0 amide bonds. The van der Waals surface area contributed by atoms with Gasteiger partial charge in [-0.05, 0) is 29.3 Å². The van der Waals surface area contributed by atoms with Gasteiger partial charge in [0.25, 0.3) is 5.69 Å². The summed E-state index contributed by atoms with van der Waals surface area (Å²) in [5, 5.41) is 10.8. The van der Waals surface area contributed by atoms with Gasteiger partial charge in [-0.15, -0.1) is 0 Å². The first-order valence-corrected chi connectivity index (χ1v) is 11.0. The second-order valence-electron chi connectivity index (χ2n) is 7.72. The van der Waals surface area contributed by atoms with Crippen molar-refractivity contribution >= 4 is 11.7 Å². The van der Waals surface area contributed by atoms with E-state index in [9.17, 15) is 14.9 Å². The van der Waals surface area contributed by atoms with Crippen molar-refractivity contribution in [3.05, 3.63) is 130 Å². The van der Waals surface area contributed by atoms with Gasteiger partial charge in [-0.25, -0.2) is 0 Å². The highest BCUT2D eigenvalue weighted by Gasteiger charge is 2.14. The summed E-state index contributed by atoms with van der Waals surface area (Å²) < 4.78 is 17.3. The molecule has 0 unspecified atom stereocenters. The molecule has 7 nitrogen and oxygen atoms in total. The lowest BCUT2D eigenvalue weighted by Crippen LogP contribution is -2.12. The van der Waals surface area contributed by atoms with Gasteiger partial charge in [0, 0.05) is 23.8 Å². The number of nitro groups is 1. The third-order valence-corrected chi connectivity index (χ3v) is 5.14. The van der Waals surface area contributed by atoms with Crippen LogP contribution in [0.15, 0.2) is 103 Å². The van der Waals surface area contributed by atoms with Gasteiger partial charge in [0.1, 0.15) is 30.5 Å². The van der Waals surface area contributed by atoms with Crippen LogP contribution in [0.2, 0.25) is 0 Å². The lowest BCUT2D eigenvalue weighted by atomic mass is 10.1. The van der Waals surface area contributed by atoms with Crippen LogP contribution >= 0.6 is 0 Å². The van der Waals surface area contributed by atoms with E-state index in [2.05, 4.69) is 0 Å². The minimum absolute atomic E-state index is 0.0416.